The predicted octanol–water partition coefficient (Wildman–Crippen LogP) is 2.56. The van der Waals surface area contributed by atoms with Crippen LogP contribution in [0.3, 0.4) is 0 Å². The number of amides is 2. The average Bonchev–Trinajstić information content (AvgIpc) is 2.78. The summed E-state index contributed by atoms with van der Waals surface area (Å²) in [6, 6.07) is 0.229. The molecule has 1 saturated heterocycles. The molecule has 6 heteroatoms. The van der Waals surface area contributed by atoms with Gasteiger partial charge in [-0.3, -0.25) is 4.90 Å². The lowest BCUT2D eigenvalue weighted by molar-refractivity contribution is 0.0640. The molecule has 0 aromatic rings. The van der Waals surface area contributed by atoms with Gasteiger partial charge in [-0.2, -0.15) is 0 Å². The number of rotatable bonds is 8. The minimum absolute atomic E-state index is 0.111. The van der Waals surface area contributed by atoms with Gasteiger partial charge in [-0.1, -0.05) is 20.3 Å². The van der Waals surface area contributed by atoms with Crippen LogP contribution in [0.5, 0.6) is 0 Å². The maximum Gasteiger partial charge on any atom is 0.315 e. The quantitative estimate of drug-likeness (QED) is 0.672. The molecule has 0 aromatic heterocycles. The fourth-order valence-corrected chi connectivity index (χ4v) is 2.85. The molecule has 0 saturated carbocycles. The normalized spacial score (nSPS) is 23.7. The van der Waals surface area contributed by atoms with E-state index in [0.717, 1.165) is 25.9 Å². The monoisotopic (exact) mass is 331 g/mol. The maximum atomic E-state index is 12.2. The standard InChI is InChI=1S/C17H34FN3O2/c1-6-13(2)10-21-11-14(9-15(21)12-23-8-7-18)19-16(22)20-17(3,4)5/h13-15H,6-12H2,1-5H3,(H2,19,20,22)/t13-,14+,15-/m0/s1. The number of carbonyl (C=O) groups excluding carboxylic acids is 1. The molecule has 0 aromatic carbocycles. The SMILES string of the molecule is CC[C@H](C)CN1C[C@H](NC(=O)NC(C)(C)C)C[C@H]1COCCF. The molecule has 136 valence electrons. The Morgan fingerprint density at radius 2 is 2.13 bits per heavy atom. The second-order valence-corrected chi connectivity index (χ2v) is 7.67. The number of urea groups is 1. The van der Waals surface area contributed by atoms with Crippen molar-refractivity contribution in [3.8, 4) is 0 Å². The van der Waals surface area contributed by atoms with Crippen LogP contribution < -0.4 is 10.6 Å². The van der Waals surface area contributed by atoms with E-state index >= 15 is 0 Å². The largest absolute Gasteiger partial charge is 0.377 e. The molecule has 1 fully saturated rings. The summed E-state index contributed by atoms with van der Waals surface area (Å²) in [5.74, 6) is 0.598. The van der Waals surface area contributed by atoms with Gasteiger partial charge in [0.2, 0.25) is 0 Å². The average molecular weight is 331 g/mol. The Balaban J connectivity index is 2.54. The van der Waals surface area contributed by atoms with Crippen molar-refractivity contribution in [2.45, 2.75) is 65.1 Å². The van der Waals surface area contributed by atoms with Crippen LogP contribution >= 0.6 is 0 Å². The third kappa shape index (κ3) is 7.97. The Morgan fingerprint density at radius 3 is 2.70 bits per heavy atom. The van der Waals surface area contributed by atoms with Crippen LogP contribution in [-0.4, -0.2) is 61.5 Å². The van der Waals surface area contributed by atoms with Gasteiger partial charge in [0.15, 0.2) is 0 Å². The summed E-state index contributed by atoms with van der Waals surface area (Å²) in [6.07, 6.45) is 1.97. The summed E-state index contributed by atoms with van der Waals surface area (Å²) >= 11 is 0. The van der Waals surface area contributed by atoms with Crippen molar-refractivity contribution in [2.24, 2.45) is 5.92 Å². The van der Waals surface area contributed by atoms with Crippen molar-refractivity contribution >= 4 is 6.03 Å². The minimum Gasteiger partial charge on any atom is -0.377 e. The van der Waals surface area contributed by atoms with Crippen LogP contribution in [0.1, 0.15) is 47.5 Å². The van der Waals surface area contributed by atoms with Crippen LogP contribution in [0, 0.1) is 5.92 Å². The van der Waals surface area contributed by atoms with E-state index in [1.54, 1.807) is 0 Å². The van der Waals surface area contributed by atoms with Crippen LogP contribution in [0.4, 0.5) is 9.18 Å². The molecule has 1 aliphatic rings. The zero-order chi connectivity index (χ0) is 17.5. The third-order valence-electron chi connectivity index (χ3n) is 4.13. The second-order valence-electron chi connectivity index (χ2n) is 7.67. The van der Waals surface area contributed by atoms with Gasteiger partial charge in [-0.05, 0) is 33.1 Å². The highest BCUT2D eigenvalue weighted by atomic mass is 19.1. The van der Waals surface area contributed by atoms with Crippen molar-refractivity contribution < 1.29 is 13.9 Å². The van der Waals surface area contributed by atoms with Crippen LogP contribution in [0.15, 0.2) is 0 Å². The molecule has 23 heavy (non-hydrogen) atoms. The summed E-state index contributed by atoms with van der Waals surface area (Å²) in [5, 5.41) is 5.99. The fraction of sp³-hybridized carbons (Fsp3) is 0.941. The van der Waals surface area contributed by atoms with E-state index in [-0.39, 0.29) is 30.3 Å². The summed E-state index contributed by atoms with van der Waals surface area (Å²) in [5.41, 5.74) is -0.247. The lowest BCUT2D eigenvalue weighted by Gasteiger charge is -2.26. The van der Waals surface area contributed by atoms with E-state index in [9.17, 15) is 9.18 Å². The fourth-order valence-electron chi connectivity index (χ4n) is 2.85. The Labute approximate surface area is 140 Å². The van der Waals surface area contributed by atoms with Crippen molar-refractivity contribution in [1.29, 1.82) is 0 Å². The predicted molar refractivity (Wildman–Crippen MR) is 91.4 cm³/mol. The number of carbonyl (C=O) groups is 1. The molecular formula is C17H34FN3O2. The zero-order valence-electron chi connectivity index (χ0n) is 15.3. The molecule has 3 atom stereocenters. The first-order valence-corrected chi connectivity index (χ1v) is 8.71. The molecule has 1 rings (SSSR count). The maximum absolute atomic E-state index is 12.2. The van der Waals surface area contributed by atoms with Crippen molar-refractivity contribution in [3.63, 3.8) is 0 Å². The van der Waals surface area contributed by atoms with Gasteiger partial charge in [0.25, 0.3) is 0 Å². The van der Waals surface area contributed by atoms with Gasteiger partial charge >= 0.3 is 6.03 Å². The smallest absolute Gasteiger partial charge is 0.315 e. The molecule has 0 bridgehead atoms. The lowest BCUT2D eigenvalue weighted by atomic mass is 10.1. The first kappa shape index (κ1) is 20.2. The van der Waals surface area contributed by atoms with E-state index < -0.39 is 6.67 Å². The van der Waals surface area contributed by atoms with Gasteiger partial charge in [0, 0.05) is 30.7 Å². The van der Waals surface area contributed by atoms with Crippen LogP contribution in [0.25, 0.3) is 0 Å². The Kier molecular flexibility index (Phi) is 8.26. The first-order valence-electron chi connectivity index (χ1n) is 8.71. The first-order chi connectivity index (χ1) is 10.7. The van der Waals surface area contributed by atoms with E-state index in [0.29, 0.717) is 12.5 Å². The zero-order valence-corrected chi connectivity index (χ0v) is 15.3. The molecule has 0 unspecified atom stereocenters. The Morgan fingerprint density at radius 1 is 1.43 bits per heavy atom. The highest BCUT2D eigenvalue weighted by Crippen LogP contribution is 2.21. The number of nitrogens with zero attached hydrogens (tertiary/aromatic N) is 1. The van der Waals surface area contributed by atoms with Crippen molar-refractivity contribution in [3.05, 3.63) is 0 Å². The molecule has 0 radical (unpaired) electrons. The number of alkyl halides is 1. The second kappa shape index (κ2) is 9.42. The Bertz CT molecular complexity index is 360. The molecular weight excluding hydrogens is 297 g/mol. The van der Waals surface area contributed by atoms with Gasteiger partial charge in [-0.15, -0.1) is 0 Å². The molecule has 2 N–H and O–H groups in total. The molecule has 2 amide bonds. The van der Waals surface area contributed by atoms with E-state index in [1.165, 1.54) is 0 Å². The highest BCUT2D eigenvalue weighted by molar-refractivity contribution is 5.75. The molecule has 0 spiro atoms. The molecule has 1 heterocycles. The summed E-state index contributed by atoms with van der Waals surface area (Å²) in [7, 11) is 0. The molecule has 5 nitrogen and oxygen atoms in total. The van der Waals surface area contributed by atoms with E-state index in [4.69, 9.17) is 4.74 Å². The number of halogens is 1. The van der Waals surface area contributed by atoms with E-state index in [2.05, 4.69) is 29.4 Å². The number of hydrogen-bond donors (Lipinski definition) is 2. The topological polar surface area (TPSA) is 53.6 Å². The number of ether oxygens (including phenoxy) is 1. The van der Waals surface area contributed by atoms with Gasteiger partial charge in [0.1, 0.15) is 6.67 Å². The molecule has 0 aliphatic carbocycles. The number of hydrogen-bond acceptors (Lipinski definition) is 3. The van der Waals surface area contributed by atoms with Crippen LogP contribution in [-0.2, 0) is 4.74 Å². The number of likely N-dealkylation sites (tertiary alicyclic amines) is 1. The van der Waals surface area contributed by atoms with Gasteiger partial charge < -0.3 is 15.4 Å². The molecule has 1 aliphatic heterocycles. The highest BCUT2D eigenvalue weighted by Gasteiger charge is 2.33. The van der Waals surface area contributed by atoms with Crippen molar-refractivity contribution in [2.75, 3.05) is 33.0 Å². The summed E-state index contributed by atoms with van der Waals surface area (Å²) < 4.78 is 17.6. The summed E-state index contributed by atoms with van der Waals surface area (Å²) in [4.78, 5) is 14.4. The third-order valence-corrected chi connectivity index (χ3v) is 4.13. The Hall–Kier alpha value is -0.880. The minimum atomic E-state index is -0.451. The van der Waals surface area contributed by atoms with Gasteiger partial charge in [-0.25, -0.2) is 9.18 Å². The lowest BCUT2D eigenvalue weighted by Crippen LogP contribution is -2.50. The van der Waals surface area contributed by atoms with E-state index in [1.807, 2.05) is 20.8 Å². The van der Waals surface area contributed by atoms with Crippen LogP contribution in [0.2, 0.25) is 0 Å². The summed E-state index contributed by atoms with van der Waals surface area (Å²) in [6.45, 7) is 12.3. The van der Waals surface area contributed by atoms with Crippen molar-refractivity contribution in [1.82, 2.24) is 15.5 Å². The van der Waals surface area contributed by atoms with Gasteiger partial charge in [0.05, 0.1) is 13.2 Å². The number of nitrogens with one attached hydrogen (secondary N) is 2.